The van der Waals surface area contributed by atoms with Gasteiger partial charge in [0.25, 0.3) is 0 Å². The van der Waals surface area contributed by atoms with Crippen LogP contribution in [0.5, 0.6) is 5.75 Å². The number of rotatable bonds is 10. The molecule has 0 atom stereocenters. The SMILES string of the molecule is CCOCCNS(=O)(=O)c1ccc(OCCNC)cc1. The van der Waals surface area contributed by atoms with Crippen LogP contribution in [-0.4, -0.2) is 48.4 Å². The van der Waals surface area contributed by atoms with E-state index in [1.807, 2.05) is 14.0 Å². The maximum atomic E-state index is 11.9. The molecule has 0 amide bonds. The van der Waals surface area contributed by atoms with Crippen molar-refractivity contribution in [1.82, 2.24) is 10.0 Å². The molecular weight excluding hydrogens is 280 g/mol. The van der Waals surface area contributed by atoms with Gasteiger partial charge in [0.2, 0.25) is 10.0 Å². The van der Waals surface area contributed by atoms with Gasteiger partial charge in [-0.3, -0.25) is 0 Å². The molecule has 0 fully saturated rings. The number of benzene rings is 1. The van der Waals surface area contributed by atoms with E-state index in [2.05, 4.69) is 10.0 Å². The van der Waals surface area contributed by atoms with Crippen molar-refractivity contribution in [3.8, 4) is 5.75 Å². The summed E-state index contributed by atoms with van der Waals surface area (Å²) in [6.07, 6.45) is 0. The molecule has 7 heteroatoms. The summed E-state index contributed by atoms with van der Waals surface area (Å²) in [5.41, 5.74) is 0. The van der Waals surface area contributed by atoms with E-state index in [4.69, 9.17) is 9.47 Å². The number of ether oxygens (including phenoxy) is 2. The zero-order valence-corrected chi connectivity index (χ0v) is 12.7. The highest BCUT2D eigenvalue weighted by Crippen LogP contribution is 2.15. The molecule has 0 aliphatic carbocycles. The Balaban J connectivity index is 2.53. The highest BCUT2D eigenvalue weighted by molar-refractivity contribution is 7.89. The molecule has 0 spiro atoms. The van der Waals surface area contributed by atoms with Crippen molar-refractivity contribution < 1.29 is 17.9 Å². The normalized spacial score (nSPS) is 11.5. The Morgan fingerprint density at radius 3 is 2.40 bits per heavy atom. The van der Waals surface area contributed by atoms with Gasteiger partial charge in [0.1, 0.15) is 12.4 Å². The number of nitrogens with one attached hydrogen (secondary N) is 2. The van der Waals surface area contributed by atoms with Crippen LogP contribution in [0.3, 0.4) is 0 Å². The van der Waals surface area contributed by atoms with Gasteiger partial charge >= 0.3 is 0 Å². The van der Waals surface area contributed by atoms with Crippen molar-refractivity contribution in [2.45, 2.75) is 11.8 Å². The summed E-state index contributed by atoms with van der Waals surface area (Å²) < 4.78 is 36.9. The Morgan fingerprint density at radius 1 is 1.10 bits per heavy atom. The van der Waals surface area contributed by atoms with Crippen LogP contribution in [-0.2, 0) is 14.8 Å². The molecule has 0 saturated heterocycles. The summed E-state index contributed by atoms with van der Waals surface area (Å²) in [7, 11) is -1.64. The minimum Gasteiger partial charge on any atom is -0.492 e. The fourth-order valence-electron chi connectivity index (χ4n) is 1.46. The minimum atomic E-state index is -3.48. The molecule has 0 unspecified atom stereocenters. The van der Waals surface area contributed by atoms with Gasteiger partial charge in [-0.05, 0) is 38.2 Å². The van der Waals surface area contributed by atoms with Gasteiger partial charge in [-0.25, -0.2) is 13.1 Å². The molecule has 1 rings (SSSR count). The number of hydrogen-bond acceptors (Lipinski definition) is 5. The van der Waals surface area contributed by atoms with Gasteiger partial charge in [0.05, 0.1) is 11.5 Å². The van der Waals surface area contributed by atoms with E-state index in [-0.39, 0.29) is 11.4 Å². The molecule has 114 valence electrons. The van der Waals surface area contributed by atoms with E-state index in [1.54, 1.807) is 12.1 Å². The maximum Gasteiger partial charge on any atom is 0.240 e. The average Bonchev–Trinajstić information content (AvgIpc) is 2.45. The van der Waals surface area contributed by atoms with E-state index < -0.39 is 10.0 Å². The fourth-order valence-corrected chi connectivity index (χ4v) is 2.47. The van der Waals surface area contributed by atoms with Crippen LogP contribution in [0.4, 0.5) is 0 Å². The smallest absolute Gasteiger partial charge is 0.240 e. The van der Waals surface area contributed by atoms with Crippen molar-refractivity contribution in [1.29, 1.82) is 0 Å². The van der Waals surface area contributed by atoms with E-state index in [0.29, 0.717) is 25.6 Å². The number of hydrogen-bond donors (Lipinski definition) is 2. The van der Waals surface area contributed by atoms with Crippen molar-refractivity contribution in [3.05, 3.63) is 24.3 Å². The van der Waals surface area contributed by atoms with E-state index in [9.17, 15) is 8.42 Å². The lowest BCUT2D eigenvalue weighted by Crippen LogP contribution is -2.27. The lowest BCUT2D eigenvalue weighted by Gasteiger charge is -2.09. The molecule has 0 aliphatic rings. The summed E-state index contributed by atoms with van der Waals surface area (Å²) >= 11 is 0. The predicted octanol–water partition coefficient (Wildman–Crippen LogP) is 0.600. The monoisotopic (exact) mass is 302 g/mol. The average molecular weight is 302 g/mol. The third-order valence-electron chi connectivity index (χ3n) is 2.50. The zero-order valence-electron chi connectivity index (χ0n) is 11.9. The first-order valence-corrected chi connectivity index (χ1v) is 8.03. The summed E-state index contributed by atoms with van der Waals surface area (Å²) in [6.45, 7) is 4.33. The van der Waals surface area contributed by atoms with Crippen molar-refractivity contribution in [2.75, 3.05) is 40.0 Å². The van der Waals surface area contributed by atoms with Crippen molar-refractivity contribution >= 4 is 10.0 Å². The maximum absolute atomic E-state index is 11.9. The molecule has 0 radical (unpaired) electrons. The Labute approximate surface area is 120 Å². The number of sulfonamides is 1. The topological polar surface area (TPSA) is 76.7 Å². The summed E-state index contributed by atoms with van der Waals surface area (Å²) in [5.74, 6) is 0.647. The van der Waals surface area contributed by atoms with Gasteiger partial charge in [-0.2, -0.15) is 0 Å². The molecule has 0 saturated carbocycles. The molecule has 0 aromatic heterocycles. The Kier molecular flexibility index (Phi) is 7.53. The molecule has 0 aliphatic heterocycles. The lowest BCUT2D eigenvalue weighted by molar-refractivity contribution is 0.153. The Bertz CT molecular complexity index is 474. The van der Waals surface area contributed by atoms with Crippen LogP contribution in [0, 0.1) is 0 Å². The first kappa shape index (κ1) is 16.9. The van der Waals surface area contributed by atoms with Crippen LogP contribution in [0.2, 0.25) is 0 Å². The zero-order chi connectivity index (χ0) is 14.8. The first-order valence-electron chi connectivity index (χ1n) is 6.55. The van der Waals surface area contributed by atoms with Gasteiger partial charge < -0.3 is 14.8 Å². The fraction of sp³-hybridized carbons (Fsp3) is 0.538. The second-order valence-corrected chi connectivity index (χ2v) is 5.79. The molecule has 20 heavy (non-hydrogen) atoms. The van der Waals surface area contributed by atoms with Crippen LogP contribution in [0.15, 0.2) is 29.2 Å². The van der Waals surface area contributed by atoms with Gasteiger partial charge in [0.15, 0.2) is 0 Å². The molecule has 0 bridgehead atoms. The molecule has 2 N–H and O–H groups in total. The van der Waals surface area contributed by atoms with Gasteiger partial charge in [-0.1, -0.05) is 0 Å². The highest BCUT2D eigenvalue weighted by Gasteiger charge is 2.12. The Morgan fingerprint density at radius 2 is 1.80 bits per heavy atom. The summed E-state index contributed by atoms with van der Waals surface area (Å²) in [4.78, 5) is 0.218. The largest absolute Gasteiger partial charge is 0.492 e. The molecule has 1 aromatic rings. The molecule has 1 aromatic carbocycles. The summed E-state index contributed by atoms with van der Waals surface area (Å²) in [5, 5.41) is 2.96. The van der Waals surface area contributed by atoms with E-state index in [1.165, 1.54) is 12.1 Å². The van der Waals surface area contributed by atoms with Crippen LogP contribution in [0.1, 0.15) is 6.92 Å². The van der Waals surface area contributed by atoms with Gasteiger partial charge in [-0.15, -0.1) is 0 Å². The summed E-state index contributed by atoms with van der Waals surface area (Å²) in [6, 6.07) is 6.34. The predicted molar refractivity (Wildman–Crippen MR) is 77.5 cm³/mol. The van der Waals surface area contributed by atoms with Crippen molar-refractivity contribution in [2.24, 2.45) is 0 Å². The second kappa shape index (κ2) is 8.91. The van der Waals surface area contributed by atoms with E-state index >= 15 is 0 Å². The highest BCUT2D eigenvalue weighted by atomic mass is 32.2. The quantitative estimate of drug-likeness (QED) is 0.619. The molecular formula is C13H22N2O4S. The standard InChI is InChI=1S/C13H22N2O4S/c1-3-18-10-9-15-20(16,17)13-6-4-12(5-7-13)19-11-8-14-2/h4-7,14-15H,3,8-11H2,1-2H3. The second-order valence-electron chi connectivity index (χ2n) is 4.02. The van der Waals surface area contributed by atoms with Crippen LogP contribution in [0.25, 0.3) is 0 Å². The van der Waals surface area contributed by atoms with Crippen molar-refractivity contribution in [3.63, 3.8) is 0 Å². The van der Waals surface area contributed by atoms with Crippen LogP contribution < -0.4 is 14.8 Å². The Hall–Kier alpha value is -1.15. The third-order valence-corrected chi connectivity index (χ3v) is 3.97. The first-order chi connectivity index (χ1) is 9.60. The van der Waals surface area contributed by atoms with E-state index in [0.717, 1.165) is 6.54 Å². The molecule has 0 heterocycles. The molecule has 6 nitrogen and oxygen atoms in total. The lowest BCUT2D eigenvalue weighted by atomic mass is 10.3. The third kappa shape index (κ3) is 5.87. The number of likely N-dealkylation sites (N-methyl/N-ethyl adjacent to an activating group) is 1. The van der Waals surface area contributed by atoms with Gasteiger partial charge in [0, 0.05) is 19.7 Å². The minimum absolute atomic E-state index is 0.218. The van der Waals surface area contributed by atoms with Crippen LogP contribution >= 0.6 is 0 Å².